The van der Waals surface area contributed by atoms with Crippen LogP contribution in [0.25, 0.3) is 5.57 Å². The van der Waals surface area contributed by atoms with Crippen molar-refractivity contribution >= 4 is 17.2 Å². The molecule has 36 heavy (non-hydrogen) atoms. The molecule has 3 heterocycles. The van der Waals surface area contributed by atoms with Crippen molar-refractivity contribution < 1.29 is 19.7 Å². The highest BCUT2D eigenvalue weighted by Gasteiger charge is 2.61. The molecule has 2 fully saturated rings. The van der Waals surface area contributed by atoms with Gasteiger partial charge in [-0.25, -0.2) is 4.98 Å². The first-order valence-corrected chi connectivity index (χ1v) is 12.6. The highest BCUT2D eigenvalue weighted by Crippen LogP contribution is 2.53. The van der Waals surface area contributed by atoms with E-state index in [0.717, 1.165) is 30.4 Å². The summed E-state index contributed by atoms with van der Waals surface area (Å²) in [5, 5.41) is 33.4. The molecule has 5 rings (SSSR count). The Bertz CT molecular complexity index is 1250. The Balaban J connectivity index is 1.50. The van der Waals surface area contributed by atoms with Crippen LogP contribution in [0, 0.1) is 16.7 Å². The molecule has 1 aliphatic carbocycles. The van der Waals surface area contributed by atoms with Crippen LogP contribution >= 0.6 is 0 Å². The molecule has 0 radical (unpaired) electrons. The van der Waals surface area contributed by atoms with Crippen LogP contribution in [0.1, 0.15) is 93.2 Å². The summed E-state index contributed by atoms with van der Waals surface area (Å²) in [6, 6.07) is 8.00. The molecule has 8 nitrogen and oxygen atoms in total. The van der Waals surface area contributed by atoms with E-state index in [4.69, 9.17) is 10.00 Å². The third kappa shape index (κ3) is 4.26. The zero-order chi connectivity index (χ0) is 25.9. The third-order valence-corrected chi connectivity index (χ3v) is 8.31. The molecule has 0 spiro atoms. The van der Waals surface area contributed by atoms with E-state index in [9.17, 15) is 15.0 Å². The summed E-state index contributed by atoms with van der Waals surface area (Å²) in [6.45, 7) is 8.27. The number of allylic oxidation sites excluding steroid dienone is 2. The van der Waals surface area contributed by atoms with Crippen molar-refractivity contribution in [2.75, 3.05) is 5.32 Å². The summed E-state index contributed by atoms with van der Waals surface area (Å²) in [7, 11) is 0. The lowest BCUT2D eigenvalue weighted by Crippen LogP contribution is -2.43. The largest absolute Gasteiger partial charge is 0.387 e. The zero-order valence-electron chi connectivity index (χ0n) is 21.3. The van der Waals surface area contributed by atoms with Gasteiger partial charge < -0.3 is 25.3 Å². The van der Waals surface area contributed by atoms with Crippen molar-refractivity contribution in [3.8, 4) is 6.07 Å². The predicted molar refractivity (Wildman–Crippen MR) is 135 cm³/mol. The lowest BCUT2D eigenvalue weighted by molar-refractivity contribution is -0.153. The number of fused-ring (bicyclic) bond motifs is 2. The molecule has 2 aliphatic heterocycles. The van der Waals surface area contributed by atoms with E-state index in [1.165, 1.54) is 11.8 Å². The molecule has 2 aromatic rings. The second-order valence-corrected chi connectivity index (χ2v) is 11.8. The van der Waals surface area contributed by atoms with E-state index in [-0.39, 0.29) is 22.9 Å². The number of ether oxygens (including phenoxy) is 1. The normalized spacial score (nSPS) is 33.0. The van der Waals surface area contributed by atoms with Gasteiger partial charge in [-0.3, -0.25) is 4.79 Å². The van der Waals surface area contributed by atoms with Gasteiger partial charge in [-0.2, -0.15) is 5.26 Å². The summed E-state index contributed by atoms with van der Waals surface area (Å²) < 4.78 is 6.15. The van der Waals surface area contributed by atoms with E-state index in [1.807, 2.05) is 32.0 Å². The van der Waals surface area contributed by atoms with E-state index in [0.29, 0.717) is 18.5 Å². The van der Waals surface area contributed by atoms with Gasteiger partial charge in [-0.1, -0.05) is 26.0 Å². The number of hydrogen-bond donors (Lipinski definition) is 4. The Labute approximate surface area is 211 Å². The average Bonchev–Trinajstić information content (AvgIpc) is 3.36. The first kappa shape index (κ1) is 24.7. The van der Waals surface area contributed by atoms with Crippen LogP contribution in [0.2, 0.25) is 0 Å². The van der Waals surface area contributed by atoms with Crippen molar-refractivity contribution in [1.82, 2.24) is 9.97 Å². The number of H-pyrrole nitrogens is 1. The summed E-state index contributed by atoms with van der Waals surface area (Å²) in [6.07, 6.45) is 5.92. The molecule has 8 heteroatoms. The Morgan fingerprint density at radius 1 is 1.19 bits per heavy atom. The summed E-state index contributed by atoms with van der Waals surface area (Å²) >= 11 is 0. The van der Waals surface area contributed by atoms with E-state index in [1.54, 1.807) is 0 Å². The molecule has 1 aromatic heterocycles. The van der Waals surface area contributed by atoms with Crippen molar-refractivity contribution in [3.63, 3.8) is 0 Å². The van der Waals surface area contributed by atoms with E-state index < -0.39 is 29.3 Å². The molecule has 0 saturated carbocycles. The van der Waals surface area contributed by atoms with Crippen LogP contribution in [0.3, 0.4) is 0 Å². The molecule has 3 aliphatic rings. The minimum atomic E-state index is -0.930. The summed E-state index contributed by atoms with van der Waals surface area (Å²) in [5.74, 6) is -0.226. The minimum absolute atomic E-state index is 0.0881. The quantitative estimate of drug-likeness (QED) is 0.506. The van der Waals surface area contributed by atoms with Gasteiger partial charge in [-0.05, 0) is 80.6 Å². The molecular weight excluding hydrogens is 456 g/mol. The maximum atomic E-state index is 12.9. The Hall–Kier alpha value is -2.99. The van der Waals surface area contributed by atoms with E-state index >= 15 is 0 Å². The second kappa shape index (κ2) is 8.55. The summed E-state index contributed by atoms with van der Waals surface area (Å²) in [4.78, 5) is 19.7. The number of rotatable bonds is 4. The van der Waals surface area contributed by atoms with Gasteiger partial charge in [0.15, 0.2) is 11.5 Å². The number of imidazole rings is 1. The minimum Gasteiger partial charge on any atom is -0.387 e. The second-order valence-electron chi connectivity index (χ2n) is 11.8. The third-order valence-electron chi connectivity index (χ3n) is 8.31. The lowest BCUT2D eigenvalue weighted by Gasteiger charge is -2.41. The number of amides is 1. The first-order valence-electron chi connectivity index (χ1n) is 12.6. The number of benzene rings is 1. The highest BCUT2D eigenvalue weighted by molar-refractivity contribution is 6.03. The van der Waals surface area contributed by atoms with Crippen molar-refractivity contribution in [1.29, 1.82) is 5.26 Å². The Morgan fingerprint density at radius 2 is 1.89 bits per heavy atom. The number of anilines is 1. The van der Waals surface area contributed by atoms with Gasteiger partial charge in [0.2, 0.25) is 0 Å². The van der Waals surface area contributed by atoms with Gasteiger partial charge in [-0.15, -0.1) is 0 Å². The zero-order valence-corrected chi connectivity index (χ0v) is 21.3. The smallest absolute Gasteiger partial charge is 0.291 e. The maximum Gasteiger partial charge on any atom is 0.291 e. The standard InChI is InChI=1S/C28H34N4O4/c1-26(2)9-7-16(8-10-26)20-11-17(18-12-27(3)22(33)23(34)28(4,13-18)36-27)5-6-21(20)32-25(35)24-30-15-19(14-29)31-24/h5-7,11,15,18,22-23,33-34H,8-10,12-13H2,1-4H3,(H,30,31)(H,32,35)/t18?,22-,23?,27?,28-/m0/s1. The van der Waals surface area contributed by atoms with Crippen molar-refractivity contribution in [3.05, 3.63) is 53.1 Å². The highest BCUT2D eigenvalue weighted by atomic mass is 16.6. The number of nitriles is 1. The average molecular weight is 491 g/mol. The topological polar surface area (TPSA) is 131 Å². The molecule has 2 bridgehead atoms. The fourth-order valence-electron chi connectivity index (χ4n) is 6.12. The van der Waals surface area contributed by atoms with Crippen molar-refractivity contribution in [2.24, 2.45) is 5.41 Å². The van der Waals surface area contributed by atoms with Crippen LogP contribution in [0.5, 0.6) is 0 Å². The number of nitrogens with one attached hydrogen (secondary N) is 2. The Kier molecular flexibility index (Phi) is 5.86. The maximum absolute atomic E-state index is 12.9. The van der Waals surface area contributed by atoms with Crippen molar-refractivity contribution in [2.45, 2.75) is 89.1 Å². The van der Waals surface area contributed by atoms with Gasteiger partial charge in [0, 0.05) is 17.4 Å². The fourth-order valence-corrected chi connectivity index (χ4v) is 6.12. The fraction of sp³-hybridized carbons (Fsp3) is 0.536. The number of nitrogens with zero attached hydrogens (tertiary/aromatic N) is 2. The van der Waals surface area contributed by atoms with E-state index in [2.05, 4.69) is 41.3 Å². The predicted octanol–water partition coefficient (Wildman–Crippen LogP) is 4.27. The number of carbonyl (C=O) groups is 1. The lowest BCUT2D eigenvalue weighted by atomic mass is 9.75. The van der Waals surface area contributed by atoms with Crippen LogP contribution in [0.4, 0.5) is 5.69 Å². The Morgan fingerprint density at radius 3 is 2.47 bits per heavy atom. The number of aliphatic hydroxyl groups excluding tert-OH is 2. The number of aromatic amines is 1. The molecule has 3 unspecified atom stereocenters. The molecule has 190 valence electrons. The van der Waals surface area contributed by atoms with Crippen LogP contribution in [0.15, 0.2) is 30.5 Å². The van der Waals surface area contributed by atoms with Crippen LogP contribution in [-0.4, -0.2) is 49.5 Å². The first-order chi connectivity index (χ1) is 16.9. The van der Waals surface area contributed by atoms with Gasteiger partial charge >= 0.3 is 0 Å². The number of carbonyl (C=O) groups excluding carboxylic acids is 1. The number of aliphatic hydroxyl groups is 2. The molecule has 4 N–H and O–H groups in total. The molecule has 2 saturated heterocycles. The number of hydrogen-bond acceptors (Lipinski definition) is 6. The van der Waals surface area contributed by atoms with Crippen LogP contribution in [-0.2, 0) is 4.74 Å². The summed E-state index contributed by atoms with van der Waals surface area (Å²) in [5.41, 5.74) is 2.73. The van der Waals surface area contributed by atoms with Gasteiger partial charge in [0.1, 0.15) is 18.3 Å². The monoisotopic (exact) mass is 490 g/mol. The van der Waals surface area contributed by atoms with Gasteiger partial charge in [0.05, 0.1) is 11.2 Å². The molecule has 1 aromatic carbocycles. The molecular formula is C28H34N4O4. The van der Waals surface area contributed by atoms with Gasteiger partial charge in [0.25, 0.3) is 5.91 Å². The molecule has 5 atom stereocenters. The van der Waals surface area contributed by atoms with Crippen LogP contribution < -0.4 is 5.32 Å². The SMILES string of the molecule is CC1(C)CC=C(c2cc(C3CC4(C)O[C@@](C)(C3)C(O)[C@@H]4O)ccc2NC(=O)c2nc(C#N)c[nH]2)CC1. The number of aromatic nitrogens is 2. The molecule has 1 amide bonds.